The van der Waals surface area contributed by atoms with Gasteiger partial charge in [0.05, 0.1) is 37.2 Å². The third-order valence-electron chi connectivity index (χ3n) is 8.75. The number of ether oxygens (including phenoxy) is 2. The molecule has 3 heterocycles. The van der Waals surface area contributed by atoms with Gasteiger partial charge < -0.3 is 29.3 Å². The fraction of sp³-hybridized carbons (Fsp3) is 0.581. The number of nitrogens with zero attached hydrogens (tertiary/aromatic N) is 3. The zero-order chi connectivity index (χ0) is 29.0. The normalized spacial score (nSPS) is 27.3. The van der Waals surface area contributed by atoms with Crippen LogP contribution >= 0.6 is 0 Å². The van der Waals surface area contributed by atoms with Gasteiger partial charge in [-0.05, 0) is 63.8 Å². The minimum atomic E-state index is -1.16. The first-order chi connectivity index (χ1) is 19.3. The predicted molar refractivity (Wildman–Crippen MR) is 154 cm³/mol. The average Bonchev–Trinajstić information content (AvgIpc) is 3.61. The van der Waals surface area contributed by atoms with Crippen LogP contribution in [0.2, 0.25) is 0 Å². The van der Waals surface area contributed by atoms with E-state index >= 15 is 0 Å². The number of likely N-dealkylation sites (tertiary alicyclic amines) is 1. The van der Waals surface area contributed by atoms with E-state index in [4.69, 9.17) is 9.47 Å². The van der Waals surface area contributed by atoms with Crippen molar-refractivity contribution in [2.24, 2.45) is 11.8 Å². The van der Waals surface area contributed by atoms with Crippen LogP contribution in [0.25, 0.3) is 0 Å². The van der Waals surface area contributed by atoms with Crippen LogP contribution in [-0.4, -0.2) is 84.4 Å². The number of aliphatic hydroxyl groups excluding tert-OH is 1. The Bertz CT molecular complexity index is 1100. The topological polar surface area (TPSA) is 99.6 Å². The van der Waals surface area contributed by atoms with E-state index in [1.165, 1.54) is 4.90 Å². The van der Waals surface area contributed by atoms with Crippen LogP contribution in [0, 0.1) is 11.8 Å². The van der Waals surface area contributed by atoms with E-state index in [0.29, 0.717) is 31.4 Å². The fourth-order valence-electron chi connectivity index (χ4n) is 6.82. The Kier molecular flexibility index (Phi) is 9.36. The summed E-state index contributed by atoms with van der Waals surface area (Å²) in [6.45, 7) is 15.4. The maximum absolute atomic E-state index is 14.6. The van der Waals surface area contributed by atoms with Crippen molar-refractivity contribution in [3.63, 3.8) is 0 Å². The van der Waals surface area contributed by atoms with Crippen molar-refractivity contribution in [3.8, 4) is 0 Å². The van der Waals surface area contributed by atoms with E-state index in [2.05, 4.69) is 31.9 Å². The van der Waals surface area contributed by atoms with Crippen LogP contribution in [0.1, 0.15) is 46.5 Å². The van der Waals surface area contributed by atoms with Gasteiger partial charge in [0.25, 0.3) is 5.91 Å². The molecule has 1 N–H and O–H groups in total. The van der Waals surface area contributed by atoms with Crippen LogP contribution in [0.15, 0.2) is 49.6 Å². The summed E-state index contributed by atoms with van der Waals surface area (Å²) in [6, 6.07) is 6.21. The molecule has 3 fully saturated rings. The average molecular weight is 554 g/mol. The molecular formula is C31H43N3O6. The number of hydrogen-bond acceptors (Lipinski definition) is 7. The van der Waals surface area contributed by atoms with Gasteiger partial charge in [-0.3, -0.25) is 14.4 Å². The second-order valence-electron chi connectivity index (χ2n) is 10.7. The molecule has 6 atom stereocenters. The maximum Gasteiger partial charge on any atom is 0.312 e. The number of carbonyl (C=O) groups is 3. The highest BCUT2D eigenvalue weighted by Gasteiger charge is 2.75. The number of anilines is 2. The Labute approximate surface area is 237 Å². The SMILES string of the molecule is C=CCCOC(=O)[C@@H]1[C@@H]2CCC3(O2)C(C(=O)N(CC=C)c2ccc(N(CC)CC)cc2)N([C@@H](CC)CO)C(=O)[C@H]13. The Hall–Kier alpha value is -3.17. The largest absolute Gasteiger partial charge is 0.465 e. The van der Waals surface area contributed by atoms with Crippen molar-refractivity contribution in [3.05, 3.63) is 49.6 Å². The predicted octanol–water partition coefficient (Wildman–Crippen LogP) is 3.32. The number of amides is 2. The van der Waals surface area contributed by atoms with E-state index in [1.54, 1.807) is 17.1 Å². The summed E-state index contributed by atoms with van der Waals surface area (Å²) >= 11 is 0. The third-order valence-corrected chi connectivity index (χ3v) is 8.75. The summed E-state index contributed by atoms with van der Waals surface area (Å²) in [4.78, 5) is 47.2. The van der Waals surface area contributed by atoms with Crippen LogP contribution in [0.3, 0.4) is 0 Å². The lowest BCUT2D eigenvalue weighted by Gasteiger charge is -2.39. The molecule has 1 aromatic carbocycles. The van der Waals surface area contributed by atoms with Gasteiger partial charge in [-0.25, -0.2) is 0 Å². The molecule has 2 bridgehead atoms. The zero-order valence-electron chi connectivity index (χ0n) is 24.0. The third kappa shape index (κ3) is 4.94. The smallest absolute Gasteiger partial charge is 0.312 e. The van der Waals surface area contributed by atoms with Crippen LogP contribution in [0.4, 0.5) is 11.4 Å². The van der Waals surface area contributed by atoms with Gasteiger partial charge in [-0.2, -0.15) is 0 Å². The molecule has 0 aromatic heterocycles. The highest BCUT2D eigenvalue weighted by molar-refractivity contribution is 6.05. The van der Waals surface area contributed by atoms with Crippen molar-refractivity contribution in [1.29, 1.82) is 0 Å². The van der Waals surface area contributed by atoms with E-state index < -0.39 is 41.6 Å². The number of benzene rings is 1. The molecule has 218 valence electrons. The number of hydrogen-bond donors (Lipinski definition) is 1. The summed E-state index contributed by atoms with van der Waals surface area (Å²) in [5, 5.41) is 10.3. The molecule has 3 aliphatic rings. The molecule has 1 aromatic rings. The molecule has 9 heteroatoms. The standard InChI is InChI=1S/C31H43N3O6/c1-6-11-19-39-30(38)25-24-16-17-31(40-24)26(25)28(36)34(21(8-3)20-35)27(31)29(37)33(18-7-2)23-14-12-22(13-15-23)32(9-4)10-5/h6-7,12-15,21,24-27,35H,1-2,8-11,16-20H2,3-5H3/t21-,24-,25+,26-,27?,31?/m0/s1. The summed E-state index contributed by atoms with van der Waals surface area (Å²) in [6.07, 6.45) is 4.82. The first-order valence-electron chi connectivity index (χ1n) is 14.5. The highest BCUT2D eigenvalue weighted by Crippen LogP contribution is 2.59. The Morgan fingerprint density at radius 2 is 1.85 bits per heavy atom. The fourth-order valence-corrected chi connectivity index (χ4v) is 6.82. The molecule has 0 aliphatic carbocycles. The monoisotopic (exact) mass is 553 g/mol. The van der Waals surface area contributed by atoms with Gasteiger partial charge in [0.1, 0.15) is 11.6 Å². The minimum Gasteiger partial charge on any atom is -0.465 e. The quantitative estimate of drug-likeness (QED) is 0.214. The van der Waals surface area contributed by atoms with E-state index in [9.17, 15) is 19.5 Å². The number of esters is 1. The molecule has 3 aliphatic heterocycles. The first kappa shape index (κ1) is 29.8. The van der Waals surface area contributed by atoms with Gasteiger partial charge in [-0.15, -0.1) is 13.2 Å². The van der Waals surface area contributed by atoms with Crippen LogP contribution in [-0.2, 0) is 23.9 Å². The second-order valence-corrected chi connectivity index (χ2v) is 10.7. The van der Waals surface area contributed by atoms with Gasteiger partial charge in [0.2, 0.25) is 5.91 Å². The highest BCUT2D eigenvalue weighted by atomic mass is 16.6. The Balaban J connectivity index is 1.73. The van der Waals surface area contributed by atoms with Gasteiger partial charge in [-0.1, -0.05) is 19.1 Å². The van der Waals surface area contributed by atoms with E-state index in [1.807, 2.05) is 31.2 Å². The molecule has 9 nitrogen and oxygen atoms in total. The van der Waals surface area contributed by atoms with Crippen LogP contribution < -0.4 is 9.80 Å². The molecule has 1 spiro atoms. The molecule has 3 saturated heterocycles. The zero-order valence-corrected chi connectivity index (χ0v) is 24.0. The summed E-state index contributed by atoms with van der Waals surface area (Å²) < 4.78 is 12.0. The number of fused-ring (bicyclic) bond motifs is 1. The number of rotatable bonds is 14. The van der Waals surface area contributed by atoms with E-state index in [-0.39, 0.29) is 31.6 Å². The molecule has 2 unspecified atom stereocenters. The summed E-state index contributed by atoms with van der Waals surface area (Å²) in [5.41, 5.74) is 0.570. The van der Waals surface area contributed by atoms with Crippen molar-refractivity contribution < 1.29 is 29.0 Å². The Morgan fingerprint density at radius 3 is 2.42 bits per heavy atom. The van der Waals surface area contributed by atoms with Crippen molar-refractivity contribution >= 4 is 29.2 Å². The lowest BCUT2D eigenvalue weighted by Crippen LogP contribution is -2.59. The summed E-state index contributed by atoms with van der Waals surface area (Å²) in [5.74, 6) is -2.75. The van der Waals surface area contributed by atoms with E-state index in [0.717, 1.165) is 18.8 Å². The Morgan fingerprint density at radius 1 is 1.18 bits per heavy atom. The molecule has 0 radical (unpaired) electrons. The lowest BCUT2D eigenvalue weighted by atomic mass is 9.70. The minimum absolute atomic E-state index is 0.177. The van der Waals surface area contributed by atoms with Gasteiger partial charge >= 0.3 is 5.97 Å². The first-order valence-corrected chi connectivity index (χ1v) is 14.5. The van der Waals surface area contributed by atoms with Gasteiger partial charge in [0.15, 0.2) is 0 Å². The molecule has 0 saturated carbocycles. The molecule has 2 amide bonds. The maximum atomic E-state index is 14.6. The molecule has 40 heavy (non-hydrogen) atoms. The molecule has 4 rings (SSSR count). The number of aliphatic hydroxyl groups is 1. The van der Waals surface area contributed by atoms with Crippen molar-refractivity contribution in [2.75, 3.05) is 42.6 Å². The van der Waals surface area contributed by atoms with Gasteiger partial charge in [0, 0.05) is 31.0 Å². The van der Waals surface area contributed by atoms with Crippen molar-refractivity contribution in [2.45, 2.75) is 70.2 Å². The summed E-state index contributed by atoms with van der Waals surface area (Å²) in [7, 11) is 0. The number of carbonyl (C=O) groups excluding carboxylic acids is 3. The van der Waals surface area contributed by atoms with Crippen molar-refractivity contribution in [1.82, 2.24) is 4.90 Å². The second kappa shape index (κ2) is 12.6. The molecular weight excluding hydrogens is 510 g/mol. The van der Waals surface area contributed by atoms with Crippen LogP contribution in [0.5, 0.6) is 0 Å². The lowest BCUT2D eigenvalue weighted by molar-refractivity contribution is -0.155.